The Kier molecular flexibility index (Phi) is 5.00. The van der Waals surface area contributed by atoms with Crippen molar-refractivity contribution in [3.05, 3.63) is 60.2 Å². The fraction of sp³-hybridized carbons (Fsp3) is 0.368. The molecule has 0 spiro atoms. The van der Waals surface area contributed by atoms with E-state index in [4.69, 9.17) is 0 Å². The molecule has 110 valence electrons. The van der Waals surface area contributed by atoms with E-state index in [0.29, 0.717) is 6.04 Å². The number of hydrogen-bond donors (Lipinski definition) is 1. The summed E-state index contributed by atoms with van der Waals surface area (Å²) in [6, 6.07) is 20.2. The van der Waals surface area contributed by atoms with Crippen LogP contribution in [0.25, 0.3) is 11.1 Å². The third kappa shape index (κ3) is 3.90. The average molecular weight is 297 g/mol. The van der Waals surface area contributed by atoms with E-state index < -0.39 is 0 Å². The van der Waals surface area contributed by atoms with Gasteiger partial charge in [0.25, 0.3) is 0 Å². The summed E-state index contributed by atoms with van der Waals surface area (Å²) in [7, 11) is 0. The Morgan fingerprint density at radius 2 is 1.67 bits per heavy atom. The van der Waals surface area contributed by atoms with Crippen LogP contribution in [0.3, 0.4) is 0 Å². The van der Waals surface area contributed by atoms with Crippen LogP contribution in [0, 0.1) is 0 Å². The molecule has 1 N–H and O–H groups in total. The lowest BCUT2D eigenvalue weighted by atomic mass is 10.0. The molecule has 2 heteroatoms. The van der Waals surface area contributed by atoms with Crippen molar-refractivity contribution in [2.24, 2.45) is 0 Å². The lowest BCUT2D eigenvalue weighted by Gasteiger charge is -2.13. The Labute approximate surface area is 132 Å². The molecular formula is C19H23NS. The van der Waals surface area contributed by atoms with Gasteiger partial charge >= 0.3 is 0 Å². The second-order valence-corrected chi connectivity index (χ2v) is 6.95. The molecule has 2 atom stereocenters. The first-order chi connectivity index (χ1) is 10.3. The number of nitrogens with one attached hydrogen (secondary N) is 1. The van der Waals surface area contributed by atoms with Crippen LogP contribution in [0.2, 0.25) is 0 Å². The van der Waals surface area contributed by atoms with Gasteiger partial charge in [-0.05, 0) is 42.2 Å². The Bertz CT molecular complexity index is 550. The normalized spacial score (nSPS) is 21.6. The molecule has 2 aromatic carbocycles. The van der Waals surface area contributed by atoms with E-state index in [2.05, 4.69) is 66.2 Å². The lowest BCUT2D eigenvalue weighted by molar-refractivity contribution is 0.525. The van der Waals surface area contributed by atoms with Crippen molar-refractivity contribution in [3.8, 4) is 11.1 Å². The zero-order valence-corrected chi connectivity index (χ0v) is 13.4. The molecule has 1 fully saturated rings. The van der Waals surface area contributed by atoms with Crippen molar-refractivity contribution >= 4 is 11.8 Å². The second kappa shape index (κ2) is 7.15. The van der Waals surface area contributed by atoms with E-state index in [9.17, 15) is 0 Å². The van der Waals surface area contributed by atoms with Gasteiger partial charge in [0, 0.05) is 17.8 Å². The predicted octanol–water partition coefficient (Wildman–Crippen LogP) is 4.73. The molecule has 2 aromatic rings. The van der Waals surface area contributed by atoms with Gasteiger partial charge in [-0.25, -0.2) is 0 Å². The van der Waals surface area contributed by atoms with Crippen LogP contribution < -0.4 is 5.32 Å². The molecule has 0 aliphatic heterocycles. The summed E-state index contributed by atoms with van der Waals surface area (Å²) >= 11 is 2.02. The molecule has 21 heavy (non-hydrogen) atoms. The Morgan fingerprint density at radius 3 is 2.33 bits per heavy atom. The van der Waals surface area contributed by atoms with Crippen molar-refractivity contribution in [2.45, 2.75) is 37.1 Å². The quantitative estimate of drug-likeness (QED) is 0.856. The van der Waals surface area contributed by atoms with Crippen LogP contribution in [0.1, 0.15) is 24.8 Å². The molecule has 2 unspecified atom stereocenters. The fourth-order valence-electron chi connectivity index (χ4n) is 3.05. The summed E-state index contributed by atoms with van der Waals surface area (Å²) < 4.78 is 0. The summed E-state index contributed by atoms with van der Waals surface area (Å²) in [4.78, 5) is 0. The summed E-state index contributed by atoms with van der Waals surface area (Å²) in [5.74, 6) is 0. The Balaban J connectivity index is 1.55. The minimum Gasteiger partial charge on any atom is -0.310 e. The van der Waals surface area contributed by atoms with Crippen LogP contribution >= 0.6 is 11.8 Å². The van der Waals surface area contributed by atoms with Crippen molar-refractivity contribution in [2.75, 3.05) is 6.26 Å². The molecule has 1 saturated carbocycles. The van der Waals surface area contributed by atoms with Gasteiger partial charge in [-0.2, -0.15) is 11.8 Å². The van der Waals surface area contributed by atoms with Gasteiger partial charge in [0.2, 0.25) is 0 Å². The maximum atomic E-state index is 3.71. The number of rotatable bonds is 5. The average Bonchev–Trinajstić information content (AvgIpc) is 3.02. The standard InChI is InChI=1S/C19H23NS/c1-21-19-12-11-18(13-19)20-14-15-7-9-17(10-8-15)16-5-3-2-4-6-16/h2-10,18-20H,11-14H2,1H3. The molecule has 0 bridgehead atoms. The van der Waals surface area contributed by atoms with Gasteiger partial charge in [0.05, 0.1) is 0 Å². The SMILES string of the molecule is CSC1CCC(NCc2ccc(-c3ccccc3)cc2)C1. The van der Waals surface area contributed by atoms with Crippen molar-refractivity contribution < 1.29 is 0 Å². The minimum absolute atomic E-state index is 0.705. The molecule has 1 aliphatic rings. The highest BCUT2D eigenvalue weighted by atomic mass is 32.2. The molecule has 3 rings (SSSR count). The fourth-order valence-corrected chi connectivity index (χ4v) is 3.84. The van der Waals surface area contributed by atoms with Crippen LogP contribution in [0.4, 0.5) is 0 Å². The summed E-state index contributed by atoms with van der Waals surface area (Å²) in [5.41, 5.74) is 3.96. The smallest absolute Gasteiger partial charge is 0.0208 e. The van der Waals surface area contributed by atoms with Gasteiger partial charge in [-0.1, -0.05) is 54.6 Å². The predicted molar refractivity (Wildman–Crippen MR) is 93.7 cm³/mol. The van der Waals surface area contributed by atoms with E-state index in [1.54, 1.807) is 0 Å². The minimum atomic E-state index is 0.705. The van der Waals surface area contributed by atoms with Gasteiger partial charge in [0.1, 0.15) is 0 Å². The van der Waals surface area contributed by atoms with E-state index in [0.717, 1.165) is 11.8 Å². The first-order valence-electron chi connectivity index (χ1n) is 7.75. The van der Waals surface area contributed by atoms with Crippen LogP contribution in [0.15, 0.2) is 54.6 Å². The Morgan fingerprint density at radius 1 is 0.952 bits per heavy atom. The number of hydrogen-bond acceptors (Lipinski definition) is 2. The number of thioether (sulfide) groups is 1. The van der Waals surface area contributed by atoms with Gasteiger partial charge in [-0.15, -0.1) is 0 Å². The largest absolute Gasteiger partial charge is 0.310 e. The maximum absolute atomic E-state index is 3.71. The molecule has 0 aromatic heterocycles. The van der Waals surface area contributed by atoms with E-state index in [-0.39, 0.29) is 0 Å². The van der Waals surface area contributed by atoms with Crippen molar-refractivity contribution in [1.29, 1.82) is 0 Å². The van der Waals surface area contributed by atoms with Crippen molar-refractivity contribution in [3.63, 3.8) is 0 Å². The van der Waals surface area contributed by atoms with Crippen molar-refractivity contribution in [1.82, 2.24) is 5.32 Å². The van der Waals surface area contributed by atoms with Gasteiger partial charge < -0.3 is 5.32 Å². The zero-order valence-electron chi connectivity index (χ0n) is 12.6. The highest BCUT2D eigenvalue weighted by Gasteiger charge is 2.23. The zero-order chi connectivity index (χ0) is 14.5. The molecule has 0 radical (unpaired) electrons. The van der Waals surface area contributed by atoms with Crippen LogP contribution in [-0.4, -0.2) is 17.5 Å². The Hall–Kier alpha value is -1.25. The van der Waals surface area contributed by atoms with E-state index >= 15 is 0 Å². The number of benzene rings is 2. The highest BCUT2D eigenvalue weighted by Crippen LogP contribution is 2.28. The second-order valence-electron chi connectivity index (χ2n) is 5.81. The lowest BCUT2D eigenvalue weighted by Crippen LogP contribution is -2.26. The third-order valence-electron chi connectivity index (χ3n) is 4.37. The monoisotopic (exact) mass is 297 g/mol. The maximum Gasteiger partial charge on any atom is 0.0208 e. The van der Waals surface area contributed by atoms with Crippen LogP contribution in [-0.2, 0) is 6.54 Å². The summed E-state index contributed by atoms with van der Waals surface area (Å²) in [6.45, 7) is 0.987. The molecule has 0 saturated heterocycles. The topological polar surface area (TPSA) is 12.0 Å². The summed E-state index contributed by atoms with van der Waals surface area (Å²) in [6.07, 6.45) is 6.25. The van der Waals surface area contributed by atoms with Gasteiger partial charge in [-0.3, -0.25) is 0 Å². The van der Waals surface area contributed by atoms with Crippen LogP contribution in [0.5, 0.6) is 0 Å². The third-order valence-corrected chi connectivity index (χ3v) is 5.47. The molecule has 0 amide bonds. The highest BCUT2D eigenvalue weighted by molar-refractivity contribution is 7.99. The molecule has 0 heterocycles. The van der Waals surface area contributed by atoms with Gasteiger partial charge in [0.15, 0.2) is 0 Å². The van der Waals surface area contributed by atoms with E-state index in [1.165, 1.54) is 36.0 Å². The molecule has 1 nitrogen and oxygen atoms in total. The van der Waals surface area contributed by atoms with E-state index in [1.807, 2.05) is 11.8 Å². The summed E-state index contributed by atoms with van der Waals surface area (Å²) in [5, 5.41) is 4.57. The first kappa shape index (κ1) is 14.7. The molecule has 1 aliphatic carbocycles. The molecular weight excluding hydrogens is 274 g/mol. The first-order valence-corrected chi connectivity index (χ1v) is 9.04.